The number of carbonyl (C=O) groups excluding carboxylic acids is 2. The number of hydrogen-bond acceptors (Lipinski definition) is 7. The molecule has 2 heterocycles. The van der Waals surface area contributed by atoms with Gasteiger partial charge in [-0.05, 0) is 17.0 Å². The summed E-state index contributed by atoms with van der Waals surface area (Å²) in [5.41, 5.74) is 4.54. The number of carbonyl (C=O) groups is 2. The number of rotatable bonds is 4. The second-order valence-electron chi connectivity index (χ2n) is 3.41. The average molecular weight is 264 g/mol. The maximum Gasteiger partial charge on any atom is 0.340 e. The Balaban J connectivity index is 2.08. The Kier molecular flexibility index (Phi) is 3.37. The highest BCUT2D eigenvalue weighted by molar-refractivity contribution is 5.91. The lowest BCUT2D eigenvalue weighted by Crippen LogP contribution is -2.35. The van der Waals surface area contributed by atoms with E-state index in [1.54, 1.807) is 6.07 Å². The van der Waals surface area contributed by atoms with Crippen LogP contribution in [-0.4, -0.2) is 22.0 Å². The monoisotopic (exact) mass is 264 g/mol. The maximum absolute atomic E-state index is 11.6. The first kappa shape index (κ1) is 12.5. The summed E-state index contributed by atoms with van der Waals surface area (Å²) in [6.45, 7) is -0.412. The lowest BCUT2D eigenvalue weighted by atomic mass is 10.3. The van der Waals surface area contributed by atoms with E-state index < -0.39 is 24.2 Å². The van der Waals surface area contributed by atoms with Crippen molar-refractivity contribution in [1.29, 1.82) is 0 Å². The van der Waals surface area contributed by atoms with Gasteiger partial charge < -0.3 is 15.7 Å². The van der Waals surface area contributed by atoms with Gasteiger partial charge in [-0.2, -0.15) is 0 Å². The summed E-state index contributed by atoms with van der Waals surface area (Å²) in [7, 11) is 0. The van der Waals surface area contributed by atoms with Crippen molar-refractivity contribution in [3.63, 3.8) is 0 Å². The van der Waals surface area contributed by atoms with Crippen molar-refractivity contribution in [2.75, 3.05) is 0 Å². The molecule has 0 unspecified atom stereocenters. The van der Waals surface area contributed by atoms with Gasteiger partial charge in [-0.15, -0.1) is 0 Å². The first-order valence-corrected chi connectivity index (χ1v) is 5.05. The number of nitrogens with zero attached hydrogens (tertiary/aromatic N) is 3. The van der Waals surface area contributed by atoms with E-state index in [9.17, 15) is 14.8 Å². The molecule has 1 amide bonds. The fraction of sp³-hybridized carbons (Fsp3) is 0.100. The van der Waals surface area contributed by atoms with Crippen LogP contribution >= 0.6 is 0 Å². The Hall–Kier alpha value is -2.97. The molecule has 9 heteroatoms. The van der Waals surface area contributed by atoms with Gasteiger partial charge in [-0.3, -0.25) is 14.4 Å². The summed E-state index contributed by atoms with van der Waals surface area (Å²) in [5, 5.41) is 14.3. The molecule has 0 aliphatic rings. The summed E-state index contributed by atoms with van der Waals surface area (Å²) in [6, 6.07) is 3.06. The van der Waals surface area contributed by atoms with E-state index in [-0.39, 0.29) is 16.2 Å². The van der Waals surface area contributed by atoms with Crippen LogP contribution in [0.5, 0.6) is 0 Å². The summed E-state index contributed by atoms with van der Waals surface area (Å²) in [4.78, 5) is 26.2. The van der Waals surface area contributed by atoms with E-state index in [1.807, 2.05) is 0 Å². The highest BCUT2D eigenvalue weighted by atomic mass is 16.8. The lowest BCUT2D eigenvalue weighted by Gasteiger charge is -2.00. The van der Waals surface area contributed by atoms with Gasteiger partial charge in [0.05, 0.1) is 5.56 Å². The Morgan fingerprint density at radius 1 is 1.53 bits per heavy atom. The molecule has 0 aliphatic carbocycles. The third-order valence-corrected chi connectivity index (χ3v) is 2.15. The van der Waals surface area contributed by atoms with E-state index in [0.29, 0.717) is 0 Å². The number of nitrogens with two attached hydrogens (primary N) is 1. The summed E-state index contributed by atoms with van der Waals surface area (Å²) in [5.74, 6) is -1.70. The number of hydrogen-bond donors (Lipinski definition) is 1. The molecule has 0 radical (unpaired) electrons. The standard InChI is InChI=1S/C10H8N4O5/c11-9(15)8-7(13-19-14(8)17)5-18-10(16)6-2-1-3-12-4-6/h1-4H,5H2,(H2,11,15). The minimum atomic E-state index is -1.02. The van der Waals surface area contributed by atoms with Crippen molar-refractivity contribution >= 4 is 11.9 Å². The van der Waals surface area contributed by atoms with E-state index in [2.05, 4.69) is 14.8 Å². The zero-order valence-electron chi connectivity index (χ0n) is 9.48. The van der Waals surface area contributed by atoms with Gasteiger partial charge in [-0.1, -0.05) is 0 Å². The molecule has 0 spiro atoms. The molecular weight excluding hydrogens is 256 g/mol. The van der Waals surface area contributed by atoms with Gasteiger partial charge in [0.2, 0.25) is 0 Å². The smallest absolute Gasteiger partial charge is 0.340 e. The average Bonchev–Trinajstić information content (AvgIpc) is 2.78. The lowest BCUT2D eigenvalue weighted by molar-refractivity contribution is -0.803. The van der Waals surface area contributed by atoms with Gasteiger partial charge in [0.15, 0.2) is 6.61 Å². The largest absolute Gasteiger partial charge is 0.453 e. The number of amides is 1. The highest BCUT2D eigenvalue weighted by Gasteiger charge is 2.25. The minimum absolute atomic E-state index is 0.143. The summed E-state index contributed by atoms with van der Waals surface area (Å²) < 4.78 is 9.06. The highest BCUT2D eigenvalue weighted by Crippen LogP contribution is 2.05. The van der Waals surface area contributed by atoms with E-state index in [1.165, 1.54) is 18.5 Å². The third-order valence-electron chi connectivity index (χ3n) is 2.15. The zero-order chi connectivity index (χ0) is 13.8. The van der Waals surface area contributed by atoms with E-state index >= 15 is 0 Å². The molecule has 0 aliphatic heterocycles. The molecular formula is C10H8N4O5. The molecule has 0 atom stereocenters. The van der Waals surface area contributed by atoms with Crippen LogP contribution in [0.25, 0.3) is 0 Å². The second kappa shape index (κ2) is 5.12. The van der Waals surface area contributed by atoms with Gasteiger partial charge in [0.1, 0.15) is 0 Å². The summed E-state index contributed by atoms with van der Waals surface area (Å²) >= 11 is 0. The quantitative estimate of drug-likeness (QED) is 0.561. The number of esters is 1. The summed E-state index contributed by atoms with van der Waals surface area (Å²) in [6.07, 6.45) is 2.81. The molecule has 2 rings (SSSR count). The Bertz CT molecular complexity index is 610. The number of aromatic nitrogens is 3. The second-order valence-corrected chi connectivity index (χ2v) is 3.41. The van der Waals surface area contributed by atoms with Crippen molar-refractivity contribution < 1.29 is 23.9 Å². The molecule has 0 fully saturated rings. The molecule has 0 saturated heterocycles. The fourth-order valence-electron chi connectivity index (χ4n) is 1.30. The van der Waals surface area contributed by atoms with Gasteiger partial charge >= 0.3 is 5.97 Å². The van der Waals surface area contributed by atoms with E-state index in [4.69, 9.17) is 10.5 Å². The molecule has 0 aromatic carbocycles. The van der Waals surface area contributed by atoms with Crippen LogP contribution in [0.2, 0.25) is 0 Å². The number of ether oxygens (including phenoxy) is 1. The molecule has 19 heavy (non-hydrogen) atoms. The first-order valence-electron chi connectivity index (χ1n) is 5.05. The third kappa shape index (κ3) is 2.65. The molecule has 98 valence electrons. The SMILES string of the molecule is NC(=O)c1c(COC(=O)c2cccnc2)no[n+]1[O-]. The van der Waals surface area contributed by atoms with Crippen LogP contribution in [0.3, 0.4) is 0 Å². The van der Waals surface area contributed by atoms with Gasteiger partial charge in [0, 0.05) is 17.6 Å². The van der Waals surface area contributed by atoms with Crippen molar-refractivity contribution in [2.45, 2.75) is 6.61 Å². The Morgan fingerprint density at radius 3 is 2.95 bits per heavy atom. The predicted octanol–water partition coefficient (Wildman–Crippen LogP) is -0.841. The van der Waals surface area contributed by atoms with Crippen LogP contribution in [0.4, 0.5) is 0 Å². The first-order chi connectivity index (χ1) is 9.09. The van der Waals surface area contributed by atoms with Gasteiger partial charge in [0.25, 0.3) is 17.3 Å². The molecule has 0 saturated carbocycles. The van der Waals surface area contributed by atoms with E-state index in [0.717, 1.165) is 0 Å². The molecule has 2 N–H and O–H groups in total. The maximum atomic E-state index is 11.6. The van der Waals surface area contributed by atoms with Crippen LogP contribution < -0.4 is 10.6 Å². The van der Waals surface area contributed by atoms with Crippen LogP contribution in [0.15, 0.2) is 29.2 Å². The van der Waals surface area contributed by atoms with Crippen LogP contribution in [-0.2, 0) is 11.3 Å². The molecule has 2 aromatic heterocycles. The van der Waals surface area contributed by atoms with Crippen molar-refractivity contribution in [1.82, 2.24) is 10.1 Å². The van der Waals surface area contributed by atoms with Crippen molar-refractivity contribution in [3.05, 3.63) is 46.7 Å². The van der Waals surface area contributed by atoms with Crippen molar-refractivity contribution in [3.8, 4) is 0 Å². The van der Waals surface area contributed by atoms with Gasteiger partial charge in [-0.25, -0.2) is 4.79 Å². The number of pyridine rings is 1. The normalized spacial score (nSPS) is 10.1. The molecule has 2 aromatic rings. The van der Waals surface area contributed by atoms with Crippen LogP contribution in [0.1, 0.15) is 26.5 Å². The predicted molar refractivity (Wildman–Crippen MR) is 57.3 cm³/mol. The fourth-order valence-corrected chi connectivity index (χ4v) is 1.30. The topological polar surface area (TPSA) is 135 Å². The Labute approximate surface area is 106 Å². The molecule has 0 bridgehead atoms. The zero-order valence-corrected chi connectivity index (χ0v) is 9.48. The van der Waals surface area contributed by atoms with Crippen LogP contribution in [0, 0.1) is 5.21 Å². The Morgan fingerprint density at radius 2 is 2.32 bits per heavy atom. The molecule has 9 nitrogen and oxygen atoms in total. The van der Waals surface area contributed by atoms with Crippen molar-refractivity contribution in [2.24, 2.45) is 5.73 Å². The number of primary amides is 1. The minimum Gasteiger partial charge on any atom is -0.453 e.